The second-order valence-corrected chi connectivity index (χ2v) is 6.20. The molecular weight excluding hydrogens is 280 g/mol. The first kappa shape index (κ1) is 16.3. The fraction of sp³-hybridized carbons (Fsp3) is 0.529. The van der Waals surface area contributed by atoms with Crippen LogP contribution in [-0.2, 0) is 9.59 Å². The summed E-state index contributed by atoms with van der Waals surface area (Å²) in [5, 5.41) is 5.70. The van der Waals surface area contributed by atoms with E-state index in [2.05, 4.69) is 24.5 Å². The molecule has 2 N–H and O–H groups in total. The number of nitrogens with one attached hydrogen (secondary N) is 2. The van der Waals surface area contributed by atoms with Gasteiger partial charge in [-0.15, -0.1) is 0 Å². The number of rotatable bonds is 7. The van der Waals surface area contributed by atoms with Crippen molar-refractivity contribution in [2.75, 3.05) is 19.0 Å². The Morgan fingerprint density at radius 2 is 1.82 bits per heavy atom. The summed E-state index contributed by atoms with van der Waals surface area (Å²) in [6.45, 7) is 4.83. The molecule has 1 fully saturated rings. The fourth-order valence-corrected chi connectivity index (χ4v) is 2.25. The molecule has 5 heteroatoms. The molecule has 1 aromatic carbocycles. The standard InChI is InChI=1S/C17H24N2O3/c1-12(2)8-11-18-15(20)17(9-10-17)16(21)19-13-4-6-14(22-3)7-5-13/h4-7,12H,8-11H2,1-3H3,(H,18,20)(H,19,21). The summed E-state index contributed by atoms with van der Waals surface area (Å²) in [6.07, 6.45) is 2.15. The van der Waals surface area contributed by atoms with E-state index in [0.29, 0.717) is 31.0 Å². The SMILES string of the molecule is COc1ccc(NC(=O)C2(C(=O)NCCC(C)C)CC2)cc1. The molecule has 1 aliphatic rings. The van der Waals surface area contributed by atoms with E-state index in [1.54, 1.807) is 31.4 Å². The van der Waals surface area contributed by atoms with Crippen LogP contribution in [0.25, 0.3) is 0 Å². The van der Waals surface area contributed by atoms with Crippen molar-refractivity contribution in [3.8, 4) is 5.75 Å². The number of hydrogen-bond donors (Lipinski definition) is 2. The minimum absolute atomic E-state index is 0.154. The van der Waals surface area contributed by atoms with Gasteiger partial charge in [-0.25, -0.2) is 0 Å². The molecule has 0 aromatic heterocycles. The van der Waals surface area contributed by atoms with E-state index in [1.165, 1.54) is 0 Å². The zero-order valence-corrected chi connectivity index (χ0v) is 13.4. The molecule has 0 heterocycles. The molecule has 0 aliphatic heterocycles. The number of hydrogen-bond acceptors (Lipinski definition) is 3. The van der Waals surface area contributed by atoms with Gasteiger partial charge < -0.3 is 15.4 Å². The summed E-state index contributed by atoms with van der Waals surface area (Å²) < 4.78 is 5.08. The molecule has 22 heavy (non-hydrogen) atoms. The molecule has 0 saturated heterocycles. The van der Waals surface area contributed by atoms with Crippen molar-refractivity contribution in [1.82, 2.24) is 5.32 Å². The van der Waals surface area contributed by atoms with E-state index in [4.69, 9.17) is 4.74 Å². The highest BCUT2D eigenvalue weighted by Crippen LogP contribution is 2.46. The van der Waals surface area contributed by atoms with Gasteiger partial charge in [-0.2, -0.15) is 0 Å². The molecule has 0 unspecified atom stereocenters. The first-order chi connectivity index (χ1) is 10.5. The van der Waals surface area contributed by atoms with Crippen molar-refractivity contribution in [2.45, 2.75) is 33.1 Å². The summed E-state index contributed by atoms with van der Waals surface area (Å²) in [5.74, 6) is 0.882. The number of amides is 2. The number of anilines is 1. The summed E-state index contributed by atoms with van der Waals surface area (Å²) in [5.41, 5.74) is -0.205. The molecule has 0 spiro atoms. The first-order valence-electron chi connectivity index (χ1n) is 7.72. The maximum atomic E-state index is 12.4. The van der Waals surface area contributed by atoms with Crippen LogP contribution in [0.5, 0.6) is 5.75 Å². The molecule has 1 saturated carbocycles. The Kier molecular flexibility index (Phi) is 5.06. The van der Waals surface area contributed by atoms with Gasteiger partial charge in [0.15, 0.2) is 0 Å². The molecule has 0 radical (unpaired) electrons. The number of ether oxygens (including phenoxy) is 1. The van der Waals surface area contributed by atoms with Gasteiger partial charge in [-0.1, -0.05) is 13.8 Å². The summed E-state index contributed by atoms with van der Waals surface area (Å²) in [7, 11) is 1.59. The molecule has 120 valence electrons. The van der Waals surface area contributed by atoms with Crippen LogP contribution in [0.15, 0.2) is 24.3 Å². The number of carbonyl (C=O) groups is 2. The molecular formula is C17H24N2O3. The van der Waals surface area contributed by atoms with Crippen molar-refractivity contribution >= 4 is 17.5 Å². The Balaban J connectivity index is 1.91. The van der Waals surface area contributed by atoms with E-state index in [9.17, 15) is 9.59 Å². The van der Waals surface area contributed by atoms with Gasteiger partial charge >= 0.3 is 0 Å². The summed E-state index contributed by atoms with van der Waals surface area (Å²) >= 11 is 0. The van der Waals surface area contributed by atoms with Crippen LogP contribution in [0.4, 0.5) is 5.69 Å². The second kappa shape index (κ2) is 6.81. The van der Waals surface area contributed by atoms with Crippen LogP contribution in [0, 0.1) is 11.3 Å². The molecule has 5 nitrogen and oxygen atoms in total. The summed E-state index contributed by atoms with van der Waals surface area (Å²) in [4.78, 5) is 24.6. The number of methoxy groups -OCH3 is 1. The Hall–Kier alpha value is -2.04. The molecule has 1 aromatic rings. The first-order valence-corrected chi connectivity index (χ1v) is 7.72. The van der Waals surface area contributed by atoms with Gasteiger partial charge in [0, 0.05) is 12.2 Å². The third kappa shape index (κ3) is 3.78. The zero-order chi connectivity index (χ0) is 16.2. The van der Waals surface area contributed by atoms with E-state index < -0.39 is 5.41 Å². The van der Waals surface area contributed by atoms with Gasteiger partial charge in [0.2, 0.25) is 11.8 Å². The van der Waals surface area contributed by atoms with E-state index in [0.717, 1.165) is 12.2 Å². The van der Waals surface area contributed by atoms with Gasteiger partial charge in [0.1, 0.15) is 11.2 Å². The lowest BCUT2D eigenvalue weighted by molar-refractivity contribution is -0.134. The third-order valence-corrected chi connectivity index (χ3v) is 3.97. The largest absolute Gasteiger partial charge is 0.497 e. The van der Waals surface area contributed by atoms with Crippen molar-refractivity contribution in [3.63, 3.8) is 0 Å². The maximum absolute atomic E-state index is 12.4. The molecule has 0 bridgehead atoms. The molecule has 2 rings (SSSR count). The third-order valence-electron chi connectivity index (χ3n) is 3.97. The van der Waals surface area contributed by atoms with Gasteiger partial charge in [-0.05, 0) is 49.4 Å². The van der Waals surface area contributed by atoms with Crippen molar-refractivity contribution in [3.05, 3.63) is 24.3 Å². The Morgan fingerprint density at radius 3 is 2.32 bits per heavy atom. The van der Waals surface area contributed by atoms with Gasteiger partial charge in [0.25, 0.3) is 0 Å². The zero-order valence-electron chi connectivity index (χ0n) is 13.4. The lowest BCUT2D eigenvalue weighted by Crippen LogP contribution is -2.40. The van der Waals surface area contributed by atoms with Crippen molar-refractivity contribution in [2.24, 2.45) is 11.3 Å². The van der Waals surface area contributed by atoms with E-state index in [1.807, 2.05) is 0 Å². The minimum atomic E-state index is -0.878. The van der Waals surface area contributed by atoms with E-state index >= 15 is 0 Å². The lowest BCUT2D eigenvalue weighted by atomic mass is 10.0. The average Bonchev–Trinajstić information content (AvgIpc) is 3.29. The van der Waals surface area contributed by atoms with E-state index in [-0.39, 0.29) is 11.8 Å². The smallest absolute Gasteiger partial charge is 0.240 e. The highest BCUT2D eigenvalue weighted by Gasteiger charge is 2.56. The fourth-order valence-electron chi connectivity index (χ4n) is 2.25. The quantitative estimate of drug-likeness (QED) is 0.761. The topological polar surface area (TPSA) is 67.4 Å². The van der Waals surface area contributed by atoms with Crippen LogP contribution < -0.4 is 15.4 Å². The van der Waals surface area contributed by atoms with Crippen LogP contribution in [0.3, 0.4) is 0 Å². The Labute approximate surface area is 131 Å². The van der Waals surface area contributed by atoms with Crippen LogP contribution >= 0.6 is 0 Å². The Morgan fingerprint density at radius 1 is 1.18 bits per heavy atom. The average molecular weight is 304 g/mol. The van der Waals surface area contributed by atoms with Crippen LogP contribution in [0.1, 0.15) is 33.1 Å². The second-order valence-electron chi connectivity index (χ2n) is 6.20. The number of benzene rings is 1. The normalized spacial score (nSPS) is 15.3. The predicted octanol–water partition coefficient (Wildman–Crippen LogP) is 2.58. The molecule has 2 amide bonds. The lowest BCUT2D eigenvalue weighted by Gasteiger charge is -2.16. The monoisotopic (exact) mass is 304 g/mol. The maximum Gasteiger partial charge on any atom is 0.240 e. The molecule has 0 atom stereocenters. The number of carbonyl (C=O) groups excluding carboxylic acids is 2. The van der Waals surface area contributed by atoms with Gasteiger partial charge in [0.05, 0.1) is 7.11 Å². The van der Waals surface area contributed by atoms with Crippen molar-refractivity contribution < 1.29 is 14.3 Å². The predicted molar refractivity (Wildman–Crippen MR) is 85.8 cm³/mol. The van der Waals surface area contributed by atoms with Crippen molar-refractivity contribution in [1.29, 1.82) is 0 Å². The minimum Gasteiger partial charge on any atom is -0.497 e. The molecule has 1 aliphatic carbocycles. The highest BCUT2D eigenvalue weighted by atomic mass is 16.5. The van der Waals surface area contributed by atoms with Gasteiger partial charge in [-0.3, -0.25) is 9.59 Å². The summed E-state index contributed by atoms with van der Waals surface area (Å²) in [6, 6.07) is 7.09. The Bertz CT molecular complexity index is 533. The van der Waals surface area contributed by atoms with Crippen LogP contribution in [0.2, 0.25) is 0 Å². The highest BCUT2D eigenvalue weighted by molar-refractivity contribution is 6.13. The van der Waals surface area contributed by atoms with Crippen LogP contribution in [-0.4, -0.2) is 25.5 Å².